The Kier molecular flexibility index (Phi) is 14.9. The van der Waals surface area contributed by atoms with Crippen molar-refractivity contribution >= 4 is 11.4 Å². The Balaban J connectivity index is 1.28. The van der Waals surface area contributed by atoms with E-state index in [1.165, 1.54) is 128 Å². The maximum Gasteiger partial charge on any atom is 0.0316 e. The summed E-state index contributed by atoms with van der Waals surface area (Å²) >= 11 is 0. The molecule has 4 N–H and O–H groups in total. The molecule has 2 heteroatoms. The van der Waals surface area contributed by atoms with Crippen LogP contribution in [0.25, 0.3) is 0 Å². The molecule has 4 rings (SSSR count). The van der Waals surface area contributed by atoms with Crippen LogP contribution in [0.2, 0.25) is 0 Å². The van der Waals surface area contributed by atoms with Gasteiger partial charge >= 0.3 is 0 Å². The van der Waals surface area contributed by atoms with E-state index in [2.05, 4.69) is 113 Å². The predicted octanol–water partition coefficient (Wildman–Crippen LogP) is 12.6. The molecule has 0 aliphatic rings. The average Bonchev–Trinajstić information content (AvgIpc) is 3.06. The van der Waals surface area contributed by atoms with Crippen LogP contribution in [0.15, 0.2) is 84.9 Å². The van der Waals surface area contributed by atoms with Gasteiger partial charge in [-0.05, 0) is 121 Å². The van der Waals surface area contributed by atoms with E-state index in [9.17, 15) is 0 Å². The van der Waals surface area contributed by atoms with E-state index in [0.29, 0.717) is 11.8 Å². The molecular formula is C45H62N2. The van der Waals surface area contributed by atoms with E-state index in [4.69, 9.17) is 11.5 Å². The minimum atomic E-state index is 0.444. The van der Waals surface area contributed by atoms with E-state index in [-0.39, 0.29) is 0 Å². The molecule has 0 amide bonds. The monoisotopic (exact) mass is 630 g/mol. The second-order valence-corrected chi connectivity index (χ2v) is 14.1. The second kappa shape index (κ2) is 19.3. The second-order valence-electron chi connectivity index (χ2n) is 14.1. The van der Waals surface area contributed by atoms with E-state index in [1.54, 1.807) is 0 Å². The number of unbranched alkanes of at least 4 members (excludes halogenated alkanes) is 8. The minimum Gasteiger partial charge on any atom is -0.399 e. The zero-order valence-corrected chi connectivity index (χ0v) is 30.0. The van der Waals surface area contributed by atoms with Crippen molar-refractivity contribution in [1.29, 1.82) is 0 Å². The number of hydrogen-bond donors (Lipinski definition) is 2. The van der Waals surface area contributed by atoms with Crippen LogP contribution in [-0.2, 0) is 12.8 Å². The minimum absolute atomic E-state index is 0.444. The van der Waals surface area contributed by atoms with Crippen molar-refractivity contribution in [2.45, 2.75) is 136 Å². The van der Waals surface area contributed by atoms with Gasteiger partial charge in [-0.3, -0.25) is 0 Å². The summed E-state index contributed by atoms with van der Waals surface area (Å²) in [7, 11) is 0. The molecule has 0 aromatic heterocycles. The average molecular weight is 631 g/mol. The van der Waals surface area contributed by atoms with Crippen molar-refractivity contribution in [2.75, 3.05) is 11.5 Å². The van der Waals surface area contributed by atoms with Crippen LogP contribution in [0.3, 0.4) is 0 Å². The van der Waals surface area contributed by atoms with Crippen molar-refractivity contribution in [1.82, 2.24) is 0 Å². The quantitative estimate of drug-likeness (QED) is 0.0754. The first-order valence-corrected chi connectivity index (χ1v) is 18.8. The molecule has 0 bridgehead atoms. The van der Waals surface area contributed by atoms with Gasteiger partial charge in [-0.2, -0.15) is 0 Å². The predicted molar refractivity (Wildman–Crippen MR) is 207 cm³/mol. The normalized spacial score (nSPS) is 12.7. The summed E-state index contributed by atoms with van der Waals surface area (Å²) in [4.78, 5) is 0. The molecule has 47 heavy (non-hydrogen) atoms. The smallest absolute Gasteiger partial charge is 0.0316 e. The molecule has 0 spiro atoms. The largest absolute Gasteiger partial charge is 0.399 e. The Morgan fingerprint density at radius 3 is 1.19 bits per heavy atom. The first-order valence-electron chi connectivity index (χ1n) is 18.8. The summed E-state index contributed by atoms with van der Waals surface area (Å²) in [5.74, 6) is 0.888. The first-order chi connectivity index (χ1) is 22.9. The fourth-order valence-electron chi connectivity index (χ4n) is 7.40. The van der Waals surface area contributed by atoms with E-state index in [0.717, 1.165) is 24.2 Å². The molecule has 0 saturated carbocycles. The van der Waals surface area contributed by atoms with Gasteiger partial charge in [0.2, 0.25) is 0 Å². The van der Waals surface area contributed by atoms with Crippen LogP contribution >= 0.6 is 0 Å². The van der Waals surface area contributed by atoms with Crippen LogP contribution in [0, 0.1) is 13.8 Å². The van der Waals surface area contributed by atoms with E-state index < -0.39 is 0 Å². The molecule has 0 aliphatic heterocycles. The molecule has 4 aromatic carbocycles. The summed E-state index contributed by atoms with van der Waals surface area (Å²) < 4.78 is 0. The number of hydrogen-bond acceptors (Lipinski definition) is 2. The van der Waals surface area contributed by atoms with E-state index in [1.807, 2.05) is 0 Å². The summed E-state index contributed by atoms with van der Waals surface area (Å²) in [5.41, 5.74) is 25.2. The summed E-state index contributed by atoms with van der Waals surface area (Å²) in [5, 5.41) is 0. The highest BCUT2D eigenvalue weighted by Gasteiger charge is 2.18. The maximum absolute atomic E-state index is 6.09. The van der Waals surface area contributed by atoms with Gasteiger partial charge < -0.3 is 11.5 Å². The molecule has 2 nitrogen and oxygen atoms in total. The van der Waals surface area contributed by atoms with Gasteiger partial charge in [0, 0.05) is 23.2 Å². The lowest BCUT2D eigenvalue weighted by molar-refractivity contribution is 0.595. The van der Waals surface area contributed by atoms with Crippen molar-refractivity contribution in [3.63, 3.8) is 0 Å². The van der Waals surface area contributed by atoms with Crippen LogP contribution in [-0.4, -0.2) is 0 Å². The first kappa shape index (κ1) is 36.3. The number of aryl methyl sites for hydroxylation is 4. The summed E-state index contributed by atoms with van der Waals surface area (Å²) in [6.07, 6.45) is 18.8. The highest BCUT2D eigenvalue weighted by Crippen LogP contribution is 2.35. The lowest BCUT2D eigenvalue weighted by Crippen LogP contribution is -2.05. The number of rotatable bonds is 20. The van der Waals surface area contributed by atoms with Gasteiger partial charge in [0.25, 0.3) is 0 Å². The Bertz CT molecular complexity index is 1350. The molecule has 0 aliphatic carbocycles. The third-order valence-corrected chi connectivity index (χ3v) is 10.2. The molecule has 0 saturated heterocycles. The Morgan fingerprint density at radius 2 is 0.830 bits per heavy atom. The molecule has 0 fully saturated rings. The van der Waals surface area contributed by atoms with Gasteiger partial charge in [0.05, 0.1) is 0 Å². The molecule has 2 atom stereocenters. The number of nitrogen functional groups attached to an aromatic ring is 2. The molecule has 2 unspecified atom stereocenters. The Hall–Kier alpha value is -3.52. The van der Waals surface area contributed by atoms with Crippen molar-refractivity contribution < 1.29 is 0 Å². The van der Waals surface area contributed by atoms with Crippen molar-refractivity contribution in [2.24, 2.45) is 0 Å². The lowest BCUT2D eigenvalue weighted by atomic mass is 9.84. The van der Waals surface area contributed by atoms with Gasteiger partial charge in [0.1, 0.15) is 0 Å². The SMILES string of the molecule is CCCCCCC(c1ccc(CCCCCc2ccc(C(CCCCCC)c3ccc(N)cc3C)cc2)cc1)c1ccc(N)cc1C. The van der Waals surface area contributed by atoms with Gasteiger partial charge in [-0.25, -0.2) is 0 Å². The van der Waals surface area contributed by atoms with Crippen LogP contribution < -0.4 is 11.5 Å². The fraction of sp³-hybridized carbons (Fsp3) is 0.467. The summed E-state index contributed by atoms with van der Waals surface area (Å²) in [6.45, 7) is 8.99. The molecule has 252 valence electrons. The van der Waals surface area contributed by atoms with Crippen molar-refractivity contribution in [3.05, 3.63) is 129 Å². The van der Waals surface area contributed by atoms with Gasteiger partial charge in [-0.1, -0.05) is 132 Å². The molecule has 0 heterocycles. The van der Waals surface area contributed by atoms with Crippen LogP contribution in [0.4, 0.5) is 11.4 Å². The van der Waals surface area contributed by atoms with Crippen LogP contribution in [0.1, 0.15) is 154 Å². The zero-order chi connectivity index (χ0) is 33.4. The van der Waals surface area contributed by atoms with Gasteiger partial charge in [0.15, 0.2) is 0 Å². The molecular weight excluding hydrogens is 569 g/mol. The van der Waals surface area contributed by atoms with Gasteiger partial charge in [-0.15, -0.1) is 0 Å². The standard InChI is InChI=1S/C45H62N2/c1-5-7-9-14-18-44(42-30-28-40(46)32-34(42)3)38-24-20-36(21-25-38)16-12-11-13-17-37-22-26-39(27-23-37)45(19-15-10-8-6-2)43-31-29-41(47)33-35(43)4/h20-33,44-45H,5-19,46-47H2,1-4H3. The Morgan fingerprint density at radius 1 is 0.447 bits per heavy atom. The van der Waals surface area contributed by atoms with Crippen LogP contribution in [0.5, 0.6) is 0 Å². The number of anilines is 2. The lowest BCUT2D eigenvalue weighted by Gasteiger charge is -2.21. The topological polar surface area (TPSA) is 52.0 Å². The zero-order valence-electron chi connectivity index (χ0n) is 30.0. The highest BCUT2D eigenvalue weighted by molar-refractivity contribution is 5.49. The highest BCUT2D eigenvalue weighted by atomic mass is 14.5. The number of nitrogens with two attached hydrogens (primary N) is 2. The molecule has 0 radical (unpaired) electrons. The third-order valence-electron chi connectivity index (χ3n) is 10.2. The summed E-state index contributed by atoms with van der Waals surface area (Å²) in [6, 6.07) is 32.0. The fourth-order valence-corrected chi connectivity index (χ4v) is 7.40. The number of benzene rings is 4. The Labute approximate surface area is 287 Å². The maximum atomic E-state index is 6.09. The third kappa shape index (κ3) is 11.3. The molecule has 4 aromatic rings. The van der Waals surface area contributed by atoms with Crippen molar-refractivity contribution in [3.8, 4) is 0 Å². The van der Waals surface area contributed by atoms with E-state index >= 15 is 0 Å².